The molecule has 1 aliphatic rings. The first-order valence-corrected chi connectivity index (χ1v) is 6.88. The Balaban J connectivity index is 2.53. The number of sulfone groups is 1. The molecule has 0 bridgehead atoms. The molecule has 1 heterocycles. The summed E-state index contributed by atoms with van der Waals surface area (Å²) in [4.78, 5) is -0.0298. The summed E-state index contributed by atoms with van der Waals surface area (Å²) in [5.74, 6) is 0. The Morgan fingerprint density at radius 3 is 2.50 bits per heavy atom. The molecule has 0 radical (unpaired) electrons. The third kappa shape index (κ3) is 2.01. The van der Waals surface area contributed by atoms with Gasteiger partial charge in [0.1, 0.15) is 0 Å². The van der Waals surface area contributed by atoms with Gasteiger partial charge < -0.3 is 5.73 Å². The van der Waals surface area contributed by atoms with Crippen LogP contribution in [-0.4, -0.2) is 19.7 Å². The van der Waals surface area contributed by atoms with Crippen molar-refractivity contribution < 1.29 is 21.6 Å². The number of hydrogen-bond donors (Lipinski definition) is 1. The standard InChI is InChI=1S/C11H12F3NO2S/c1-6(15)10-5-7-4-8(11(12,13)14)2-3-9(7)18(10,16)17/h2-4,6,10H,5,15H2,1H3. The highest BCUT2D eigenvalue weighted by Gasteiger charge is 2.41. The molecule has 0 saturated carbocycles. The number of rotatable bonds is 1. The SMILES string of the molecule is CC(N)C1Cc2cc(C(F)(F)F)ccc2S1(=O)=O. The number of benzene rings is 1. The molecule has 100 valence electrons. The Labute approximate surface area is 103 Å². The molecule has 1 aliphatic heterocycles. The van der Waals surface area contributed by atoms with Crippen LogP contribution in [0.1, 0.15) is 18.1 Å². The van der Waals surface area contributed by atoms with E-state index >= 15 is 0 Å². The topological polar surface area (TPSA) is 60.2 Å². The Kier molecular flexibility index (Phi) is 2.94. The van der Waals surface area contributed by atoms with E-state index in [0.29, 0.717) is 0 Å². The Morgan fingerprint density at radius 1 is 1.39 bits per heavy atom. The Bertz CT molecular complexity index is 578. The van der Waals surface area contributed by atoms with Crippen LogP contribution in [0.4, 0.5) is 13.2 Å². The monoisotopic (exact) mass is 279 g/mol. The van der Waals surface area contributed by atoms with Gasteiger partial charge in [-0.3, -0.25) is 0 Å². The third-order valence-electron chi connectivity index (χ3n) is 3.10. The van der Waals surface area contributed by atoms with Crippen LogP contribution in [0.3, 0.4) is 0 Å². The quantitative estimate of drug-likeness (QED) is 0.852. The fourth-order valence-corrected chi connectivity index (χ4v) is 4.21. The Morgan fingerprint density at radius 2 is 2.00 bits per heavy atom. The molecule has 0 fully saturated rings. The van der Waals surface area contributed by atoms with E-state index in [9.17, 15) is 21.6 Å². The van der Waals surface area contributed by atoms with Crippen LogP contribution < -0.4 is 5.73 Å². The van der Waals surface area contributed by atoms with Gasteiger partial charge in [0.25, 0.3) is 0 Å². The molecule has 0 aromatic heterocycles. The number of fused-ring (bicyclic) bond motifs is 1. The van der Waals surface area contributed by atoms with Gasteiger partial charge in [0.2, 0.25) is 0 Å². The molecule has 2 atom stereocenters. The summed E-state index contributed by atoms with van der Waals surface area (Å²) < 4.78 is 61.6. The predicted octanol–water partition coefficient (Wildman–Crippen LogP) is 1.75. The normalized spacial score (nSPS) is 23.7. The summed E-state index contributed by atoms with van der Waals surface area (Å²) in [7, 11) is -3.60. The maximum Gasteiger partial charge on any atom is 0.416 e. The minimum Gasteiger partial charge on any atom is -0.327 e. The molecule has 1 aromatic rings. The highest BCUT2D eigenvalue weighted by molar-refractivity contribution is 7.92. The first-order chi connectivity index (χ1) is 8.14. The van der Waals surface area contributed by atoms with Crippen LogP contribution in [0.5, 0.6) is 0 Å². The van der Waals surface area contributed by atoms with Gasteiger partial charge in [0.05, 0.1) is 15.7 Å². The predicted molar refractivity (Wildman–Crippen MR) is 59.8 cm³/mol. The van der Waals surface area contributed by atoms with Crippen LogP contribution in [-0.2, 0) is 22.4 Å². The summed E-state index contributed by atoms with van der Waals surface area (Å²) in [6.45, 7) is 1.54. The summed E-state index contributed by atoms with van der Waals surface area (Å²) in [6, 6.07) is 2.10. The van der Waals surface area contributed by atoms with Gasteiger partial charge in [0.15, 0.2) is 9.84 Å². The zero-order chi connectivity index (χ0) is 13.7. The number of nitrogens with two attached hydrogens (primary N) is 1. The highest BCUT2D eigenvalue weighted by atomic mass is 32.2. The minimum atomic E-state index is -4.47. The lowest BCUT2D eigenvalue weighted by atomic mass is 10.0. The Hall–Kier alpha value is -1.08. The van der Waals surface area contributed by atoms with Crippen molar-refractivity contribution in [2.24, 2.45) is 5.73 Å². The van der Waals surface area contributed by atoms with Crippen molar-refractivity contribution in [2.45, 2.75) is 35.7 Å². The van der Waals surface area contributed by atoms with Crippen molar-refractivity contribution >= 4 is 9.84 Å². The second-order valence-electron chi connectivity index (χ2n) is 4.47. The van der Waals surface area contributed by atoms with E-state index in [2.05, 4.69) is 0 Å². The van der Waals surface area contributed by atoms with Crippen molar-refractivity contribution in [1.82, 2.24) is 0 Å². The van der Waals surface area contributed by atoms with Gasteiger partial charge in [-0.15, -0.1) is 0 Å². The number of hydrogen-bond acceptors (Lipinski definition) is 3. The number of halogens is 3. The summed E-state index contributed by atoms with van der Waals surface area (Å²) in [5.41, 5.74) is 4.94. The molecular weight excluding hydrogens is 267 g/mol. The van der Waals surface area contributed by atoms with Crippen LogP contribution in [0, 0.1) is 0 Å². The average Bonchev–Trinajstić information content (AvgIpc) is 2.49. The van der Waals surface area contributed by atoms with E-state index in [1.807, 2.05) is 0 Å². The van der Waals surface area contributed by atoms with Crippen molar-refractivity contribution in [3.8, 4) is 0 Å². The smallest absolute Gasteiger partial charge is 0.327 e. The van der Waals surface area contributed by atoms with Crippen LogP contribution in [0.25, 0.3) is 0 Å². The second kappa shape index (κ2) is 3.96. The van der Waals surface area contributed by atoms with Crippen LogP contribution >= 0.6 is 0 Å². The molecule has 0 saturated heterocycles. The van der Waals surface area contributed by atoms with E-state index in [1.54, 1.807) is 6.92 Å². The molecule has 0 aliphatic carbocycles. The molecular formula is C11H12F3NO2S. The third-order valence-corrected chi connectivity index (χ3v) is 5.50. The van der Waals surface area contributed by atoms with Gasteiger partial charge in [-0.05, 0) is 37.1 Å². The fraction of sp³-hybridized carbons (Fsp3) is 0.455. The molecule has 18 heavy (non-hydrogen) atoms. The first kappa shape index (κ1) is 13.4. The van der Waals surface area contributed by atoms with Crippen LogP contribution in [0.2, 0.25) is 0 Å². The van der Waals surface area contributed by atoms with Crippen molar-refractivity contribution in [3.63, 3.8) is 0 Å². The number of alkyl halides is 3. The van der Waals surface area contributed by atoms with E-state index in [-0.39, 0.29) is 16.9 Å². The maximum absolute atomic E-state index is 12.5. The highest BCUT2D eigenvalue weighted by Crippen LogP contribution is 2.37. The van der Waals surface area contributed by atoms with E-state index in [4.69, 9.17) is 5.73 Å². The summed E-state index contributed by atoms with van der Waals surface area (Å²) in [6.07, 6.45) is -4.43. The molecule has 7 heteroatoms. The lowest BCUT2D eigenvalue weighted by Crippen LogP contribution is -2.36. The summed E-state index contributed by atoms with van der Waals surface area (Å²) in [5, 5.41) is -0.837. The average molecular weight is 279 g/mol. The largest absolute Gasteiger partial charge is 0.416 e. The zero-order valence-electron chi connectivity index (χ0n) is 9.53. The van der Waals surface area contributed by atoms with Gasteiger partial charge in [-0.25, -0.2) is 8.42 Å². The minimum absolute atomic E-state index is 0.0298. The van der Waals surface area contributed by atoms with Gasteiger partial charge in [-0.1, -0.05) is 0 Å². The molecule has 3 nitrogen and oxygen atoms in total. The fourth-order valence-electron chi connectivity index (χ4n) is 2.15. The van der Waals surface area contributed by atoms with E-state index in [0.717, 1.165) is 18.2 Å². The van der Waals surface area contributed by atoms with Crippen molar-refractivity contribution in [1.29, 1.82) is 0 Å². The lowest BCUT2D eigenvalue weighted by Gasteiger charge is -2.12. The lowest BCUT2D eigenvalue weighted by molar-refractivity contribution is -0.137. The first-order valence-electron chi connectivity index (χ1n) is 5.33. The van der Waals surface area contributed by atoms with E-state index in [1.165, 1.54) is 0 Å². The zero-order valence-corrected chi connectivity index (χ0v) is 10.3. The molecule has 0 amide bonds. The summed E-state index contributed by atoms with van der Waals surface area (Å²) >= 11 is 0. The van der Waals surface area contributed by atoms with Crippen LogP contribution in [0.15, 0.2) is 23.1 Å². The molecule has 2 rings (SSSR count). The van der Waals surface area contributed by atoms with Crippen molar-refractivity contribution in [3.05, 3.63) is 29.3 Å². The van der Waals surface area contributed by atoms with Gasteiger partial charge >= 0.3 is 6.18 Å². The second-order valence-corrected chi connectivity index (χ2v) is 6.60. The molecule has 2 unspecified atom stereocenters. The molecule has 0 spiro atoms. The molecule has 2 N–H and O–H groups in total. The molecule has 1 aromatic carbocycles. The van der Waals surface area contributed by atoms with Gasteiger partial charge in [-0.2, -0.15) is 13.2 Å². The van der Waals surface area contributed by atoms with Crippen molar-refractivity contribution in [2.75, 3.05) is 0 Å². The maximum atomic E-state index is 12.5. The van der Waals surface area contributed by atoms with E-state index < -0.39 is 32.9 Å². The van der Waals surface area contributed by atoms with Gasteiger partial charge in [0, 0.05) is 6.04 Å².